The number of hydrogen-bond donors (Lipinski definition) is 1. The van der Waals surface area contributed by atoms with E-state index in [1.807, 2.05) is 25.1 Å². The van der Waals surface area contributed by atoms with Gasteiger partial charge in [0.25, 0.3) is 15.7 Å². The Morgan fingerprint density at radius 3 is 2.61 bits per heavy atom. The van der Waals surface area contributed by atoms with Crippen molar-refractivity contribution in [1.82, 2.24) is 19.7 Å². The van der Waals surface area contributed by atoms with Crippen molar-refractivity contribution in [2.75, 3.05) is 26.1 Å². The van der Waals surface area contributed by atoms with Gasteiger partial charge in [0.15, 0.2) is 5.52 Å². The van der Waals surface area contributed by atoms with Gasteiger partial charge in [-0.1, -0.05) is 26.3 Å². The molecule has 2 aromatic heterocycles. The number of aryl methyl sites for hydroxylation is 2. The summed E-state index contributed by atoms with van der Waals surface area (Å²) < 4.78 is 39.8. The van der Waals surface area contributed by atoms with Crippen molar-refractivity contribution in [3.8, 4) is 17.1 Å². The summed E-state index contributed by atoms with van der Waals surface area (Å²) in [5.74, 6) is 0.996. The summed E-state index contributed by atoms with van der Waals surface area (Å²) in [6.07, 6.45) is 3.43. The third kappa shape index (κ3) is 6.40. The molecular formula is C22H30N4O6S. The Labute approximate surface area is 193 Å². The first-order valence-corrected chi connectivity index (χ1v) is 12.7. The predicted molar refractivity (Wildman–Crippen MR) is 125 cm³/mol. The molecule has 0 fully saturated rings. The number of H-pyrrole nitrogens is 1. The van der Waals surface area contributed by atoms with Crippen LogP contribution in [0.25, 0.3) is 22.4 Å². The first kappa shape index (κ1) is 24.9. The van der Waals surface area contributed by atoms with E-state index in [4.69, 9.17) is 14.5 Å². The lowest BCUT2D eigenvalue weighted by atomic mass is 10.1. The highest BCUT2D eigenvalue weighted by Crippen LogP contribution is 2.30. The molecule has 0 unspecified atom stereocenters. The molecular weight excluding hydrogens is 448 g/mol. The van der Waals surface area contributed by atoms with Gasteiger partial charge < -0.3 is 14.5 Å². The van der Waals surface area contributed by atoms with Crippen LogP contribution >= 0.6 is 0 Å². The standard InChI is InChI=1S/C22H30N4O6S/c1-5-7-17-19-20(26(3)25-17)22(27)24-21(23-19)16-13-15(8-9-18(16)31-10-6-2)14-30-11-12-32-33(4,28)29/h8-9,13H,5-7,10-12,14H2,1-4H3,(H,23,24,27). The summed E-state index contributed by atoms with van der Waals surface area (Å²) in [5.41, 5.74) is 2.98. The van der Waals surface area contributed by atoms with E-state index in [-0.39, 0.29) is 25.4 Å². The predicted octanol–water partition coefficient (Wildman–Crippen LogP) is 2.56. The van der Waals surface area contributed by atoms with E-state index < -0.39 is 10.1 Å². The largest absolute Gasteiger partial charge is 0.493 e. The Bertz CT molecular complexity index is 1270. The Kier molecular flexibility index (Phi) is 8.22. The smallest absolute Gasteiger partial charge is 0.277 e. The summed E-state index contributed by atoms with van der Waals surface area (Å²) >= 11 is 0. The number of hydrogen-bond acceptors (Lipinski definition) is 8. The van der Waals surface area contributed by atoms with Gasteiger partial charge in [-0.05, 0) is 30.5 Å². The molecule has 1 aromatic carbocycles. The zero-order valence-corrected chi connectivity index (χ0v) is 20.2. The van der Waals surface area contributed by atoms with Gasteiger partial charge in [-0.25, -0.2) is 4.98 Å². The second kappa shape index (κ2) is 10.9. The molecule has 0 saturated carbocycles. The highest BCUT2D eigenvalue weighted by Gasteiger charge is 2.18. The van der Waals surface area contributed by atoms with E-state index in [1.54, 1.807) is 11.7 Å². The number of nitrogens with zero attached hydrogens (tertiary/aromatic N) is 3. The van der Waals surface area contributed by atoms with E-state index in [0.29, 0.717) is 34.8 Å². The van der Waals surface area contributed by atoms with Crippen molar-refractivity contribution < 1.29 is 22.1 Å². The Hall–Kier alpha value is -2.76. The molecule has 0 spiro atoms. The molecule has 0 saturated heterocycles. The minimum atomic E-state index is -3.50. The van der Waals surface area contributed by atoms with Crippen LogP contribution < -0.4 is 10.3 Å². The molecule has 0 bridgehead atoms. The van der Waals surface area contributed by atoms with Crippen molar-refractivity contribution in [2.45, 2.75) is 39.7 Å². The van der Waals surface area contributed by atoms with E-state index in [9.17, 15) is 13.2 Å². The first-order chi connectivity index (χ1) is 15.7. The topological polar surface area (TPSA) is 125 Å². The minimum Gasteiger partial charge on any atom is -0.493 e. The quantitative estimate of drug-likeness (QED) is 0.311. The molecule has 11 heteroatoms. The number of rotatable bonds is 12. The third-order valence-electron chi connectivity index (χ3n) is 4.80. The third-order valence-corrected chi connectivity index (χ3v) is 5.40. The fourth-order valence-electron chi connectivity index (χ4n) is 3.40. The van der Waals surface area contributed by atoms with Gasteiger partial charge in [-0.15, -0.1) is 0 Å². The van der Waals surface area contributed by atoms with Gasteiger partial charge in [-0.3, -0.25) is 13.7 Å². The highest BCUT2D eigenvalue weighted by atomic mass is 32.2. The molecule has 0 amide bonds. The molecule has 33 heavy (non-hydrogen) atoms. The molecule has 2 heterocycles. The fourth-order valence-corrected chi connectivity index (χ4v) is 3.77. The molecule has 10 nitrogen and oxygen atoms in total. The van der Waals surface area contributed by atoms with Gasteiger partial charge in [0.2, 0.25) is 0 Å². The Balaban J connectivity index is 1.94. The molecule has 0 aliphatic carbocycles. The van der Waals surface area contributed by atoms with Crippen molar-refractivity contribution in [3.05, 3.63) is 39.8 Å². The fraction of sp³-hybridized carbons (Fsp3) is 0.500. The lowest BCUT2D eigenvalue weighted by molar-refractivity contribution is 0.0911. The molecule has 3 rings (SSSR count). The van der Waals surface area contributed by atoms with Crippen LogP contribution in [0.15, 0.2) is 23.0 Å². The van der Waals surface area contributed by atoms with Crippen LogP contribution in [0.2, 0.25) is 0 Å². The van der Waals surface area contributed by atoms with Crippen molar-refractivity contribution in [3.63, 3.8) is 0 Å². The average molecular weight is 479 g/mol. The maximum Gasteiger partial charge on any atom is 0.277 e. The number of ether oxygens (including phenoxy) is 2. The van der Waals surface area contributed by atoms with E-state index in [0.717, 1.165) is 36.8 Å². The van der Waals surface area contributed by atoms with Gasteiger partial charge in [0.05, 0.1) is 43.9 Å². The lowest BCUT2D eigenvalue weighted by Crippen LogP contribution is -2.13. The lowest BCUT2D eigenvalue weighted by Gasteiger charge is -2.13. The van der Waals surface area contributed by atoms with Crippen molar-refractivity contribution in [2.24, 2.45) is 7.05 Å². The zero-order valence-electron chi connectivity index (χ0n) is 19.4. The minimum absolute atomic E-state index is 0.0594. The maximum absolute atomic E-state index is 12.9. The van der Waals surface area contributed by atoms with Crippen LogP contribution in [0.1, 0.15) is 37.9 Å². The molecule has 180 valence electrons. The summed E-state index contributed by atoms with van der Waals surface area (Å²) in [7, 11) is -1.76. The van der Waals surface area contributed by atoms with Crippen molar-refractivity contribution in [1.29, 1.82) is 0 Å². The van der Waals surface area contributed by atoms with Crippen LogP contribution in [0, 0.1) is 0 Å². The normalized spacial score (nSPS) is 11.9. The SMILES string of the molecule is CCCOc1ccc(COCCOS(C)(=O)=O)cc1-c1nc2c(CCC)nn(C)c2c(=O)[nH]1. The summed E-state index contributed by atoms with van der Waals surface area (Å²) in [4.78, 5) is 20.5. The zero-order chi connectivity index (χ0) is 24.0. The monoisotopic (exact) mass is 478 g/mol. The number of nitrogens with one attached hydrogen (secondary N) is 1. The van der Waals surface area contributed by atoms with Crippen molar-refractivity contribution >= 4 is 21.2 Å². The molecule has 1 N–H and O–H groups in total. The number of aromatic amines is 1. The van der Waals surface area contributed by atoms with Gasteiger partial charge >= 0.3 is 0 Å². The summed E-state index contributed by atoms with van der Waals surface area (Å²) in [5, 5.41) is 4.47. The number of fused-ring (bicyclic) bond motifs is 1. The molecule has 0 aliphatic heterocycles. The number of benzene rings is 1. The Morgan fingerprint density at radius 2 is 1.91 bits per heavy atom. The number of aromatic nitrogens is 4. The molecule has 3 aromatic rings. The van der Waals surface area contributed by atoms with Gasteiger partial charge in [0, 0.05) is 7.05 Å². The maximum atomic E-state index is 12.9. The van der Waals surface area contributed by atoms with Crippen LogP contribution in [-0.2, 0) is 39.1 Å². The molecule has 0 atom stereocenters. The van der Waals surface area contributed by atoms with E-state index in [2.05, 4.69) is 21.2 Å². The molecule has 0 aliphatic rings. The second-order valence-electron chi connectivity index (χ2n) is 7.69. The van der Waals surface area contributed by atoms with Crippen LogP contribution in [0.5, 0.6) is 5.75 Å². The van der Waals surface area contributed by atoms with Crippen LogP contribution in [0.3, 0.4) is 0 Å². The second-order valence-corrected chi connectivity index (χ2v) is 9.33. The van der Waals surface area contributed by atoms with E-state index >= 15 is 0 Å². The summed E-state index contributed by atoms with van der Waals surface area (Å²) in [6.45, 7) is 4.87. The van der Waals surface area contributed by atoms with Gasteiger partial charge in [0.1, 0.15) is 17.1 Å². The summed E-state index contributed by atoms with van der Waals surface area (Å²) in [6, 6.07) is 5.52. The average Bonchev–Trinajstić information content (AvgIpc) is 3.07. The van der Waals surface area contributed by atoms with Gasteiger partial charge in [-0.2, -0.15) is 13.5 Å². The van der Waals surface area contributed by atoms with E-state index in [1.165, 1.54) is 0 Å². The Morgan fingerprint density at radius 1 is 1.12 bits per heavy atom. The van der Waals surface area contributed by atoms with Crippen LogP contribution in [0.4, 0.5) is 0 Å². The highest BCUT2D eigenvalue weighted by molar-refractivity contribution is 7.85. The van der Waals surface area contributed by atoms with Crippen LogP contribution in [-0.4, -0.2) is 54.2 Å². The molecule has 0 radical (unpaired) electrons. The first-order valence-electron chi connectivity index (χ1n) is 10.9.